The second-order valence-electron chi connectivity index (χ2n) is 3.65. The minimum Gasteiger partial charge on any atom is -0.326 e. The van der Waals surface area contributed by atoms with E-state index in [-0.39, 0.29) is 0 Å². The lowest BCUT2D eigenvalue weighted by Gasteiger charge is -2.09. The van der Waals surface area contributed by atoms with Gasteiger partial charge in [0.25, 0.3) is 0 Å². The van der Waals surface area contributed by atoms with Gasteiger partial charge in [-0.1, -0.05) is 23.9 Å². The predicted molar refractivity (Wildman–Crippen MR) is 75.1 cm³/mol. The van der Waals surface area contributed by atoms with Gasteiger partial charge in [0.1, 0.15) is 5.03 Å². The number of nitrogens with zero attached hydrogens (tertiary/aromatic N) is 1. The fourth-order valence-electron chi connectivity index (χ4n) is 1.53. The summed E-state index contributed by atoms with van der Waals surface area (Å²) in [4.78, 5) is 5.56. The maximum Gasteiger partial charge on any atom is 0.105 e. The average Bonchev–Trinajstić information content (AvgIpc) is 2.32. The van der Waals surface area contributed by atoms with Gasteiger partial charge in [0.2, 0.25) is 0 Å². The molecular formula is C13H13BrN2S. The minimum absolute atomic E-state index is 0.520. The molecule has 1 heterocycles. The molecular weight excluding hydrogens is 296 g/mol. The van der Waals surface area contributed by atoms with E-state index in [0.717, 1.165) is 20.0 Å². The second kappa shape index (κ2) is 5.67. The first kappa shape index (κ1) is 12.6. The first-order valence-electron chi connectivity index (χ1n) is 5.29. The summed E-state index contributed by atoms with van der Waals surface area (Å²) < 4.78 is 1.08. The van der Waals surface area contributed by atoms with Crippen molar-refractivity contribution in [3.8, 4) is 0 Å². The van der Waals surface area contributed by atoms with Gasteiger partial charge in [-0.2, -0.15) is 0 Å². The normalized spacial score (nSPS) is 10.5. The number of halogens is 1. The van der Waals surface area contributed by atoms with Crippen molar-refractivity contribution in [2.24, 2.45) is 5.73 Å². The predicted octanol–water partition coefficient (Wildman–Crippen LogP) is 3.76. The van der Waals surface area contributed by atoms with E-state index < -0.39 is 0 Å². The lowest BCUT2D eigenvalue weighted by molar-refractivity contribution is 0.942. The molecule has 2 N–H and O–H groups in total. The van der Waals surface area contributed by atoms with Crippen LogP contribution in [0.25, 0.3) is 0 Å². The summed E-state index contributed by atoms with van der Waals surface area (Å²) in [6.07, 6.45) is 1.83. The van der Waals surface area contributed by atoms with Gasteiger partial charge in [-0.05, 0) is 46.6 Å². The summed E-state index contributed by atoms with van der Waals surface area (Å²) in [5.41, 5.74) is 8.09. The van der Waals surface area contributed by atoms with E-state index in [1.165, 1.54) is 5.56 Å². The largest absolute Gasteiger partial charge is 0.326 e. The van der Waals surface area contributed by atoms with E-state index in [9.17, 15) is 0 Å². The van der Waals surface area contributed by atoms with Crippen molar-refractivity contribution in [1.82, 2.24) is 4.98 Å². The molecule has 0 bridgehead atoms. The zero-order chi connectivity index (χ0) is 12.3. The number of hydrogen-bond donors (Lipinski definition) is 1. The Labute approximate surface area is 114 Å². The zero-order valence-electron chi connectivity index (χ0n) is 9.48. The lowest BCUT2D eigenvalue weighted by Crippen LogP contribution is -2.02. The molecule has 4 heteroatoms. The van der Waals surface area contributed by atoms with E-state index in [4.69, 9.17) is 5.73 Å². The third-order valence-electron chi connectivity index (χ3n) is 2.50. The van der Waals surface area contributed by atoms with Gasteiger partial charge in [-0.3, -0.25) is 0 Å². The van der Waals surface area contributed by atoms with Crippen LogP contribution in [0.3, 0.4) is 0 Å². The van der Waals surface area contributed by atoms with Crippen LogP contribution in [0.5, 0.6) is 0 Å². The van der Waals surface area contributed by atoms with Gasteiger partial charge in [-0.15, -0.1) is 0 Å². The third kappa shape index (κ3) is 2.89. The molecule has 1 aromatic carbocycles. The molecule has 2 aromatic rings. The van der Waals surface area contributed by atoms with Crippen LogP contribution in [0.4, 0.5) is 0 Å². The molecule has 2 nitrogen and oxygen atoms in total. The third-order valence-corrected chi connectivity index (χ3v) is 4.57. The molecule has 88 valence electrons. The maximum absolute atomic E-state index is 5.78. The second-order valence-corrected chi connectivity index (χ2v) is 5.53. The zero-order valence-corrected chi connectivity index (χ0v) is 11.9. The number of rotatable bonds is 3. The van der Waals surface area contributed by atoms with Crippen LogP contribution in [0, 0.1) is 6.92 Å². The van der Waals surface area contributed by atoms with Crippen LogP contribution in [0.2, 0.25) is 0 Å². The first-order valence-corrected chi connectivity index (χ1v) is 6.90. The molecule has 0 spiro atoms. The van der Waals surface area contributed by atoms with Gasteiger partial charge in [0.15, 0.2) is 0 Å². The molecule has 0 unspecified atom stereocenters. The summed E-state index contributed by atoms with van der Waals surface area (Å²) in [5.74, 6) is 0. The van der Waals surface area contributed by atoms with Gasteiger partial charge in [-0.25, -0.2) is 4.98 Å². The van der Waals surface area contributed by atoms with E-state index in [1.807, 2.05) is 30.5 Å². The van der Waals surface area contributed by atoms with Gasteiger partial charge in [0.05, 0.1) is 0 Å². The average molecular weight is 309 g/mol. The number of aryl methyl sites for hydroxylation is 1. The highest BCUT2D eigenvalue weighted by atomic mass is 79.9. The van der Waals surface area contributed by atoms with Crippen molar-refractivity contribution in [2.45, 2.75) is 23.4 Å². The highest BCUT2D eigenvalue weighted by Crippen LogP contribution is 2.34. The molecule has 0 amide bonds. The number of pyridine rings is 1. The van der Waals surface area contributed by atoms with Crippen LogP contribution >= 0.6 is 27.7 Å². The smallest absolute Gasteiger partial charge is 0.105 e. The molecule has 0 saturated carbocycles. The Morgan fingerprint density at radius 3 is 2.76 bits per heavy atom. The fraction of sp³-hybridized carbons (Fsp3) is 0.154. The highest BCUT2D eigenvalue weighted by molar-refractivity contribution is 9.10. The number of aromatic nitrogens is 1. The van der Waals surface area contributed by atoms with Crippen molar-refractivity contribution in [3.63, 3.8) is 0 Å². The monoisotopic (exact) mass is 308 g/mol. The number of benzene rings is 1. The molecule has 0 aliphatic carbocycles. The van der Waals surface area contributed by atoms with Crippen molar-refractivity contribution >= 4 is 27.7 Å². The number of nitrogens with two attached hydrogens (primary N) is 1. The first-order chi connectivity index (χ1) is 8.22. The molecule has 0 radical (unpaired) electrons. The summed E-state index contributed by atoms with van der Waals surface area (Å²) >= 11 is 5.18. The molecule has 2 rings (SSSR count). The molecule has 0 atom stereocenters. The lowest BCUT2D eigenvalue weighted by atomic mass is 10.2. The van der Waals surface area contributed by atoms with E-state index in [2.05, 4.69) is 33.9 Å². The Hall–Kier alpha value is -0.840. The van der Waals surface area contributed by atoms with Gasteiger partial charge >= 0.3 is 0 Å². The van der Waals surface area contributed by atoms with Crippen LogP contribution in [0.15, 0.2) is 50.9 Å². The Balaban J connectivity index is 2.37. The molecule has 1 aromatic heterocycles. The van der Waals surface area contributed by atoms with Crippen LogP contribution in [-0.2, 0) is 6.54 Å². The Kier molecular flexibility index (Phi) is 4.20. The summed E-state index contributed by atoms with van der Waals surface area (Å²) in [6.45, 7) is 2.58. The molecule has 17 heavy (non-hydrogen) atoms. The van der Waals surface area contributed by atoms with E-state index in [1.54, 1.807) is 11.8 Å². The van der Waals surface area contributed by atoms with E-state index >= 15 is 0 Å². The molecule has 0 saturated heterocycles. The summed E-state index contributed by atoms with van der Waals surface area (Å²) in [6, 6.07) is 10.1. The Morgan fingerprint density at radius 1 is 1.29 bits per heavy atom. The van der Waals surface area contributed by atoms with Crippen LogP contribution < -0.4 is 5.73 Å². The fourth-order valence-corrected chi connectivity index (χ4v) is 3.06. The molecule has 0 aliphatic rings. The van der Waals surface area contributed by atoms with Crippen molar-refractivity contribution in [2.75, 3.05) is 0 Å². The summed E-state index contributed by atoms with van der Waals surface area (Å²) in [7, 11) is 0. The minimum atomic E-state index is 0.520. The number of hydrogen-bond acceptors (Lipinski definition) is 3. The topological polar surface area (TPSA) is 38.9 Å². The molecule has 0 aliphatic heterocycles. The Bertz CT molecular complexity index is 529. The van der Waals surface area contributed by atoms with E-state index in [0.29, 0.717) is 6.54 Å². The van der Waals surface area contributed by atoms with Crippen molar-refractivity contribution in [3.05, 3.63) is 52.1 Å². The SMILES string of the molecule is Cc1ccnc(Sc2ccccc2Br)c1CN. The summed E-state index contributed by atoms with van der Waals surface area (Å²) in [5, 5.41) is 0.986. The van der Waals surface area contributed by atoms with Crippen molar-refractivity contribution < 1.29 is 0 Å². The van der Waals surface area contributed by atoms with Gasteiger partial charge in [0, 0.05) is 27.7 Å². The molecule has 0 fully saturated rings. The highest BCUT2D eigenvalue weighted by Gasteiger charge is 2.08. The van der Waals surface area contributed by atoms with Crippen LogP contribution in [-0.4, -0.2) is 4.98 Å². The Morgan fingerprint density at radius 2 is 2.06 bits per heavy atom. The van der Waals surface area contributed by atoms with Crippen LogP contribution in [0.1, 0.15) is 11.1 Å². The quantitative estimate of drug-likeness (QED) is 0.938. The standard InChI is InChI=1S/C13H13BrN2S/c1-9-6-7-16-13(10(9)8-15)17-12-5-3-2-4-11(12)14/h2-7H,8,15H2,1H3. The van der Waals surface area contributed by atoms with Crippen molar-refractivity contribution in [1.29, 1.82) is 0 Å². The maximum atomic E-state index is 5.78. The van der Waals surface area contributed by atoms with Gasteiger partial charge < -0.3 is 5.73 Å².